The minimum absolute atomic E-state index is 0.209. The van der Waals surface area contributed by atoms with Gasteiger partial charge >= 0.3 is 0 Å². The number of methoxy groups -OCH3 is 1. The van der Waals surface area contributed by atoms with Crippen molar-refractivity contribution in [2.75, 3.05) is 7.11 Å². The van der Waals surface area contributed by atoms with E-state index in [-0.39, 0.29) is 12.2 Å². The third-order valence-electron chi connectivity index (χ3n) is 6.05. The number of hydrogen-bond acceptors (Lipinski definition) is 6. The maximum Gasteiger partial charge on any atom is 0.282 e. The number of nitrogens with zero attached hydrogens (tertiary/aromatic N) is 4. The van der Waals surface area contributed by atoms with Crippen LogP contribution in [0.3, 0.4) is 0 Å². The molecule has 0 fully saturated rings. The van der Waals surface area contributed by atoms with Crippen molar-refractivity contribution >= 4 is 33.0 Å². The molecule has 0 radical (unpaired) electrons. The number of benzene rings is 3. The van der Waals surface area contributed by atoms with Crippen LogP contribution in [-0.4, -0.2) is 23.0 Å². The Morgan fingerprint density at radius 2 is 1.92 bits per heavy atom. The number of fused-ring (bicyclic) bond motifs is 1. The lowest BCUT2D eigenvalue weighted by Gasteiger charge is -2.21. The molecule has 0 saturated carbocycles. The molecule has 0 atom stereocenters. The molecule has 0 aliphatic carbocycles. The van der Waals surface area contributed by atoms with Crippen molar-refractivity contribution < 1.29 is 9.47 Å². The second-order valence-electron chi connectivity index (χ2n) is 9.97. The van der Waals surface area contributed by atoms with Gasteiger partial charge in [0.2, 0.25) is 0 Å². The maximum absolute atomic E-state index is 13.5. The zero-order valence-electron chi connectivity index (χ0n) is 22.4. The number of rotatable bonds is 8. The summed E-state index contributed by atoms with van der Waals surface area (Å²) >= 11 is 3.44. The minimum Gasteiger partial charge on any atom is -0.493 e. The third-order valence-corrected chi connectivity index (χ3v) is 6.54. The van der Waals surface area contributed by atoms with E-state index in [2.05, 4.69) is 33.7 Å². The first kappa shape index (κ1) is 27.8. The molecule has 3 aromatic carbocycles. The van der Waals surface area contributed by atoms with Gasteiger partial charge < -0.3 is 9.47 Å². The molecule has 0 amide bonds. The number of hydrogen-bond donors (Lipinski definition) is 0. The van der Waals surface area contributed by atoms with Crippen molar-refractivity contribution in [2.24, 2.45) is 5.10 Å². The molecular weight excluding hydrogens is 556 g/mol. The second-order valence-corrected chi connectivity index (χ2v) is 10.9. The Bertz CT molecular complexity index is 1680. The average Bonchev–Trinajstić information content (AvgIpc) is 2.91. The molecule has 0 aliphatic heterocycles. The van der Waals surface area contributed by atoms with E-state index >= 15 is 0 Å². The van der Waals surface area contributed by atoms with Crippen molar-refractivity contribution in [2.45, 2.75) is 39.2 Å². The molecule has 198 valence electrons. The number of halogens is 1. The van der Waals surface area contributed by atoms with Crippen LogP contribution in [0.4, 0.5) is 0 Å². The van der Waals surface area contributed by atoms with Crippen LogP contribution < -0.4 is 15.0 Å². The largest absolute Gasteiger partial charge is 0.493 e. The molecule has 0 aliphatic rings. The highest BCUT2D eigenvalue weighted by molar-refractivity contribution is 9.10. The van der Waals surface area contributed by atoms with Crippen LogP contribution in [0.5, 0.6) is 11.5 Å². The van der Waals surface area contributed by atoms with E-state index in [1.807, 2.05) is 57.2 Å². The molecule has 8 heteroatoms. The lowest BCUT2D eigenvalue weighted by molar-refractivity contribution is 0.281. The average molecular weight is 586 g/mol. The van der Waals surface area contributed by atoms with Gasteiger partial charge in [-0.05, 0) is 48.4 Å². The quantitative estimate of drug-likeness (QED) is 0.173. The normalized spacial score (nSPS) is 11.5. The monoisotopic (exact) mass is 584 g/mol. The molecule has 7 nitrogen and oxygen atoms in total. The standard InChI is InChI=1S/C31H29BrN4O3/c1-6-9-21-14-20(15-27(38-5)28(21)39-19-23-11-8-7-10-22(23)17-33)18-34-36-29(37)25-16-24(32)12-13-26(25)35-30(36)31(2,3)4/h6-8,10-16,18H,1,9,19H2,2-5H3. The van der Waals surface area contributed by atoms with Crippen molar-refractivity contribution in [1.82, 2.24) is 9.66 Å². The zero-order valence-corrected chi connectivity index (χ0v) is 23.9. The third kappa shape index (κ3) is 6.10. The lowest BCUT2D eigenvalue weighted by Crippen LogP contribution is -2.29. The molecular formula is C31H29BrN4O3. The molecule has 39 heavy (non-hydrogen) atoms. The van der Waals surface area contributed by atoms with Crippen molar-refractivity contribution in [3.8, 4) is 17.6 Å². The van der Waals surface area contributed by atoms with E-state index in [9.17, 15) is 10.1 Å². The Labute approximate surface area is 236 Å². The van der Waals surface area contributed by atoms with Gasteiger partial charge in [-0.3, -0.25) is 4.79 Å². The van der Waals surface area contributed by atoms with Crippen LogP contribution >= 0.6 is 15.9 Å². The molecule has 4 aromatic rings. The van der Waals surface area contributed by atoms with Crippen LogP contribution in [0.25, 0.3) is 10.9 Å². The van der Waals surface area contributed by atoms with Crippen molar-refractivity contribution in [3.63, 3.8) is 0 Å². The van der Waals surface area contributed by atoms with Crippen LogP contribution in [0.15, 0.2) is 81.6 Å². The van der Waals surface area contributed by atoms with Crippen LogP contribution in [0, 0.1) is 11.3 Å². The number of ether oxygens (including phenoxy) is 2. The van der Waals surface area contributed by atoms with E-state index in [1.165, 1.54) is 4.68 Å². The first-order chi connectivity index (χ1) is 18.7. The number of aromatic nitrogens is 2. The SMILES string of the molecule is C=CCc1cc(C=Nn2c(C(C)(C)C)nc3ccc(Br)cc3c2=O)cc(OC)c1OCc1ccccc1C#N. The number of nitriles is 1. The van der Waals surface area contributed by atoms with Crippen LogP contribution in [0.2, 0.25) is 0 Å². The summed E-state index contributed by atoms with van der Waals surface area (Å²) < 4.78 is 14.0. The van der Waals surface area contributed by atoms with Crippen LogP contribution in [-0.2, 0) is 18.4 Å². The van der Waals surface area contributed by atoms with Gasteiger partial charge in [0, 0.05) is 21.0 Å². The molecule has 1 heterocycles. The summed E-state index contributed by atoms with van der Waals surface area (Å²) in [5.74, 6) is 1.62. The highest BCUT2D eigenvalue weighted by Crippen LogP contribution is 2.34. The Morgan fingerprint density at radius 3 is 2.62 bits per heavy atom. The summed E-state index contributed by atoms with van der Waals surface area (Å²) in [6.07, 6.45) is 3.91. The first-order valence-corrected chi connectivity index (χ1v) is 13.1. The molecule has 0 spiro atoms. The zero-order chi connectivity index (χ0) is 28.2. The summed E-state index contributed by atoms with van der Waals surface area (Å²) in [7, 11) is 1.57. The summed E-state index contributed by atoms with van der Waals surface area (Å²) in [6.45, 7) is 10.1. The van der Waals surface area contributed by atoms with E-state index in [1.54, 1.807) is 37.6 Å². The summed E-state index contributed by atoms with van der Waals surface area (Å²) in [4.78, 5) is 18.3. The Balaban J connectivity index is 1.77. The van der Waals surface area contributed by atoms with Crippen molar-refractivity contribution in [1.29, 1.82) is 5.26 Å². The second kappa shape index (κ2) is 11.7. The molecule has 0 bridgehead atoms. The Morgan fingerprint density at radius 1 is 1.15 bits per heavy atom. The summed E-state index contributed by atoms with van der Waals surface area (Å²) in [5, 5.41) is 14.5. The van der Waals surface area contributed by atoms with Gasteiger partial charge in [-0.15, -0.1) is 6.58 Å². The maximum atomic E-state index is 13.5. The smallest absolute Gasteiger partial charge is 0.282 e. The fourth-order valence-corrected chi connectivity index (χ4v) is 4.51. The van der Waals surface area contributed by atoms with E-state index in [0.29, 0.717) is 40.2 Å². The molecule has 0 saturated heterocycles. The van der Waals surface area contributed by atoms with Gasteiger partial charge in [0.25, 0.3) is 5.56 Å². The summed E-state index contributed by atoms with van der Waals surface area (Å²) in [5.41, 5.74) is 2.83. The van der Waals surface area contributed by atoms with E-state index in [4.69, 9.17) is 14.5 Å². The molecule has 4 rings (SSSR count). The fourth-order valence-electron chi connectivity index (χ4n) is 4.15. The van der Waals surface area contributed by atoms with Crippen molar-refractivity contribution in [3.05, 3.63) is 110 Å². The minimum atomic E-state index is -0.430. The predicted octanol–water partition coefficient (Wildman–Crippen LogP) is 6.53. The topological polar surface area (TPSA) is 89.5 Å². The van der Waals surface area contributed by atoms with Crippen LogP contribution in [0.1, 0.15) is 48.8 Å². The van der Waals surface area contributed by atoms with Gasteiger partial charge in [-0.25, -0.2) is 4.98 Å². The van der Waals surface area contributed by atoms with Gasteiger partial charge in [0.05, 0.1) is 35.9 Å². The van der Waals surface area contributed by atoms with Gasteiger partial charge in [-0.1, -0.05) is 61.0 Å². The Hall–Kier alpha value is -4.22. The van der Waals surface area contributed by atoms with E-state index in [0.717, 1.165) is 21.2 Å². The highest BCUT2D eigenvalue weighted by atomic mass is 79.9. The Kier molecular flexibility index (Phi) is 8.32. The first-order valence-electron chi connectivity index (χ1n) is 12.4. The lowest BCUT2D eigenvalue weighted by atomic mass is 9.95. The molecule has 1 aromatic heterocycles. The molecule has 0 N–H and O–H groups in total. The van der Waals surface area contributed by atoms with Gasteiger partial charge in [0.15, 0.2) is 11.5 Å². The highest BCUT2D eigenvalue weighted by Gasteiger charge is 2.23. The van der Waals surface area contributed by atoms with E-state index < -0.39 is 5.41 Å². The van der Waals surface area contributed by atoms with Gasteiger partial charge in [0.1, 0.15) is 12.4 Å². The van der Waals surface area contributed by atoms with Gasteiger partial charge in [-0.2, -0.15) is 15.0 Å². The molecule has 0 unspecified atom stereocenters. The summed E-state index contributed by atoms with van der Waals surface area (Å²) in [6, 6.07) is 18.7. The predicted molar refractivity (Wildman–Crippen MR) is 158 cm³/mol. The fraction of sp³-hybridized carbons (Fsp3) is 0.226. The number of allylic oxidation sites excluding steroid dienone is 1.